The highest BCUT2D eigenvalue weighted by Crippen LogP contribution is 2.21. The lowest BCUT2D eigenvalue weighted by atomic mass is 10.2. The third kappa shape index (κ3) is 4.29. The lowest BCUT2D eigenvalue weighted by Gasteiger charge is -2.21. The minimum Gasteiger partial charge on any atom is -0.507 e. The average Bonchev–Trinajstić information content (AvgIpc) is 2.37. The highest BCUT2D eigenvalue weighted by atomic mass is 127. The number of phenols is 1. The van der Waals surface area contributed by atoms with Crippen LogP contribution in [-0.2, 0) is 4.74 Å². The molecule has 1 aromatic rings. The van der Waals surface area contributed by atoms with Gasteiger partial charge in [0.15, 0.2) is 0 Å². The molecule has 0 aromatic heterocycles. The summed E-state index contributed by atoms with van der Waals surface area (Å²) in [5, 5.41) is 9.61. The molecule has 1 N–H and O–H groups in total. The van der Waals surface area contributed by atoms with Crippen LogP contribution in [0.5, 0.6) is 5.75 Å². The summed E-state index contributed by atoms with van der Waals surface area (Å²) in [6, 6.07) is 4.87. The first kappa shape index (κ1) is 15.5. The van der Waals surface area contributed by atoms with Crippen LogP contribution in [0.2, 0.25) is 0 Å². The SMILES string of the molecule is COCCN(CCCl)C(=O)c1ccc(I)c(O)c1. The predicted octanol–water partition coefficient (Wildman–Crippen LogP) is 2.32. The van der Waals surface area contributed by atoms with E-state index in [0.717, 1.165) is 0 Å². The first-order valence-electron chi connectivity index (χ1n) is 5.42. The third-order valence-corrected chi connectivity index (χ3v) is 3.48. The van der Waals surface area contributed by atoms with Gasteiger partial charge in [-0.05, 0) is 40.8 Å². The first-order chi connectivity index (χ1) is 8.60. The second kappa shape index (κ2) is 7.81. The topological polar surface area (TPSA) is 49.8 Å². The molecule has 0 aliphatic heterocycles. The molecule has 0 aliphatic rings. The number of hydrogen-bond donors (Lipinski definition) is 1. The fourth-order valence-corrected chi connectivity index (χ4v) is 1.99. The van der Waals surface area contributed by atoms with E-state index < -0.39 is 0 Å². The Balaban J connectivity index is 2.83. The van der Waals surface area contributed by atoms with Crippen LogP contribution in [0.15, 0.2) is 18.2 Å². The monoisotopic (exact) mass is 383 g/mol. The number of halogens is 2. The number of nitrogens with zero attached hydrogens (tertiary/aromatic N) is 1. The quantitative estimate of drug-likeness (QED) is 0.606. The van der Waals surface area contributed by atoms with Crippen LogP contribution in [0.25, 0.3) is 0 Å². The van der Waals surface area contributed by atoms with E-state index in [0.29, 0.717) is 34.7 Å². The van der Waals surface area contributed by atoms with Crippen molar-refractivity contribution in [3.8, 4) is 5.75 Å². The molecular weight excluding hydrogens is 368 g/mol. The fraction of sp³-hybridized carbons (Fsp3) is 0.417. The number of benzene rings is 1. The summed E-state index contributed by atoms with van der Waals surface area (Å²) in [6.07, 6.45) is 0. The predicted molar refractivity (Wildman–Crippen MR) is 79.3 cm³/mol. The number of ether oxygens (including phenoxy) is 1. The van der Waals surface area contributed by atoms with Crippen molar-refractivity contribution >= 4 is 40.1 Å². The molecular formula is C12H15ClINO3. The van der Waals surface area contributed by atoms with Gasteiger partial charge in [0, 0.05) is 31.6 Å². The number of hydrogen-bond acceptors (Lipinski definition) is 3. The Morgan fingerprint density at radius 3 is 2.78 bits per heavy atom. The Kier molecular flexibility index (Phi) is 6.73. The molecule has 0 aliphatic carbocycles. The lowest BCUT2D eigenvalue weighted by molar-refractivity contribution is 0.0707. The van der Waals surface area contributed by atoms with Crippen molar-refractivity contribution in [2.24, 2.45) is 0 Å². The highest BCUT2D eigenvalue weighted by molar-refractivity contribution is 14.1. The van der Waals surface area contributed by atoms with Gasteiger partial charge in [0.1, 0.15) is 5.75 Å². The van der Waals surface area contributed by atoms with Crippen molar-refractivity contribution in [3.05, 3.63) is 27.3 Å². The molecule has 100 valence electrons. The standard InChI is InChI=1S/C12H15ClINO3/c1-18-7-6-15(5-4-13)12(17)9-2-3-10(14)11(16)8-9/h2-3,8,16H,4-7H2,1H3. The van der Waals surface area contributed by atoms with E-state index in [1.54, 1.807) is 24.1 Å². The number of alkyl halides is 1. The minimum atomic E-state index is -0.153. The molecule has 0 unspecified atom stereocenters. The number of amides is 1. The maximum absolute atomic E-state index is 12.2. The van der Waals surface area contributed by atoms with Crippen molar-refractivity contribution in [1.29, 1.82) is 0 Å². The van der Waals surface area contributed by atoms with Crippen LogP contribution in [-0.4, -0.2) is 48.6 Å². The molecule has 0 heterocycles. The average molecular weight is 384 g/mol. The largest absolute Gasteiger partial charge is 0.507 e. The summed E-state index contributed by atoms with van der Waals surface area (Å²) >= 11 is 7.68. The smallest absolute Gasteiger partial charge is 0.254 e. The van der Waals surface area contributed by atoms with Gasteiger partial charge in [-0.15, -0.1) is 11.6 Å². The fourth-order valence-electron chi connectivity index (χ4n) is 1.45. The maximum Gasteiger partial charge on any atom is 0.254 e. The Bertz CT molecular complexity index is 414. The van der Waals surface area contributed by atoms with Crippen molar-refractivity contribution in [2.75, 3.05) is 32.7 Å². The lowest BCUT2D eigenvalue weighted by Crippen LogP contribution is -2.35. The second-order valence-corrected chi connectivity index (χ2v) is 5.18. The zero-order valence-corrected chi connectivity index (χ0v) is 12.9. The van der Waals surface area contributed by atoms with Gasteiger partial charge in [-0.25, -0.2) is 0 Å². The van der Waals surface area contributed by atoms with E-state index in [4.69, 9.17) is 16.3 Å². The number of carbonyl (C=O) groups is 1. The van der Waals surface area contributed by atoms with E-state index in [9.17, 15) is 9.90 Å². The molecule has 18 heavy (non-hydrogen) atoms. The van der Waals surface area contributed by atoms with Gasteiger partial charge in [0.25, 0.3) is 5.91 Å². The molecule has 0 bridgehead atoms. The minimum absolute atomic E-state index is 0.110. The number of phenolic OH excluding ortho intramolecular Hbond substituents is 1. The first-order valence-corrected chi connectivity index (χ1v) is 7.04. The van der Waals surface area contributed by atoms with Crippen molar-refractivity contribution in [3.63, 3.8) is 0 Å². The molecule has 6 heteroatoms. The van der Waals surface area contributed by atoms with Crippen LogP contribution in [0.1, 0.15) is 10.4 Å². The van der Waals surface area contributed by atoms with Gasteiger partial charge < -0.3 is 14.7 Å². The van der Waals surface area contributed by atoms with E-state index in [1.165, 1.54) is 6.07 Å². The summed E-state index contributed by atoms with van der Waals surface area (Å²) in [7, 11) is 1.58. The number of aromatic hydroxyl groups is 1. The van der Waals surface area contributed by atoms with Gasteiger partial charge in [-0.2, -0.15) is 0 Å². The zero-order chi connectivity index (χ0) is 13.5. The molecule has 0 saturated carbocycles. The summed E-state index contributed by atoms with van der Waals surface area (Å²) in [5.74, 6) is 0.324. The number of rotatable bonds is 6. The molecule has 1 aromatic carbocycles. The van der Waals surface area contributed by atoms with Crippen molar-refractivity contribution < 1.29 is 14.6 Å². The van der Waals surface area contributed by atoms with E-state index in [1.807, 2.05) is 22.6 Å². The number of carbonyl (C=O) groups excluding carboxylic acids is 1. The maximum atomic E-state index is 12.2. The Morgan fingerprint density at radius 2 is 2.22 bits per heavy atom. The second-order valence-electron chi connectivity index (χ2n) is 3.64. The van der Waals surface area contributed by atoms with E-state index in [-0.39, 0.29) is 11.7 Å². The third-order valence-electron chi connectivity index (χ3n) is 2.40. The summed E-state index contributed by atoms with van der Waals surface area (Å²) < 4.78 is 5.67. The normalized spacial score (nSPS) is 10.4. The molecule has 0 radical (unpaired) electrons. The summed E-state index contributed by atoms with van der Waals surface area (Å²) in [5.41, 5.74) is 0.453. The van der Waals surface area contributed by atoms with Crippen LogP contribution in [0.4, 0.5) is 0 Å². The van der Waals surface area contributed by atoms with E-state index in [2.05, 4.69) is 0 Å². The summed E-state index contributed by atoms with van der Waals surface area (Å²) in [6.45, 7) is 1.39. The molecule has 1 rings (SSSR count). The van der Waals surface area contributed by atoms with Crippen LogP contribution in [0, 0.1) is 3.57 Å². The molecule has 0 spiro atoms. The molecule has 0 atom stereocenters. The van der Waals surface area contributed by atoms with Gasteiger partial charge in [-0.3, -0.25) is 4.79 Å². The van der Waals surface area contributed by atoms with Crippen LogP contribution < -0.4 is 0 Å². The van der Waals surface area contributed by atoms with Gasteiger partial charge in [0.05, 0.1) is 10.2 Å². The Hall–Kier alpha value is -0.530. The van der Waals surface area contributed by atoms with Gasteiger partial charge in [0.2, 0.25) is 0 Å². The van der Waals surface area contributed by atoms with Gasteiger partial charge >= 0.3 is 0 Å². The van der Waals surface area contributed by atoms with Crippen molar-refractivity contribution in [1.82, 2.24) is 4.90 Å². The molecule has 4 nitrogen and oxygen atoms in total. The zero-order valence-electron chi connectivity index (χ0n) is 10.0. The molecule has 1 amide bonds. The Labute approximate surface area is 125 Å². The van der Waals surface area contributed by atoms with E-state index >= 15 is 0 Å². The highest BCUT2D eigenvalue weighted by Gasteiger charge is 2.16. The molecule has 0 saturated heterocycles. The Morgan fingerprint density at radius 1 is 1.50 bits per heavy atom. The molecule has 0 fully saturated rings. The van der Waals surface area contributed by atoms with Crippen LogP contribution in [0.3, 0.4) is 0 Å². The summed E-state index contributed by atoms with van der Waals surface area (Å²) in [4.78, 5) is 13.8. The number of methoxy groups -OCH3 is 1. The van der Waals surface area contributed by atoms with Crippen LogP contribution >= 0.6 is 34.2 Å². The van der Waals surface area contributed by atoms with Crippen molar-refractivity contribution in [2.45, 2.75) is 0 Å². The van der Waals surface area contributed by atoms with Gasteiger partial charge in [-0.1, -0.05) is 0 Å².